The van der Waals surface area contributed by atoms with Gasteiger partial charge in [-0.2, -0.15) is 13.2 Å². The molecule has 1 radical (unpaired) electrons. The van der Waals surface area contributed by atoms with Crippen molar-refractivity contribution in [2.24, 2.45) is 0 Å². The van der Waals surface area contributed by atoms with E-state index < -0.39 is 21.8 Å². The number of aromatic nitrogens is 2. The minimum absolute atomic E-state index is 0.00687. The van der Waals surface area contributed by atoms with Gasteiger partial charge in [0.25, 0.3) is 10.0 Å². The van der Waals surface area contributed by atoms with Gasteiger partial charge in [-0.1, -0.05) is 30.3 Å². The normalized spacial score (nSPS) is 12.3. The van der Waals surface area contributed by atoms with Crippen LogP contribution in [0.3, 0.4) is 0 Å². The van der Waals surface area contributed by atoms with Crippen LogP contribution in [0.25, 0.3) is 11.4 Å². The second-order valence-corrected chi connectivity index (χ2v) is 6.70. The molecule has 3 rings (SSSR count). The van der Waals surface area contributed by atoms with Crippen LogP contribution in [0.4, 0.5) is 13.2 Å². The van der Waals surface area contributed by atoms with Gasteiger partial charge < -0.3 is 0 Å². The smallest absolute Gasteiger partial charge is 0.226 e. The lowest BCUT2D eigenvalue weighted by Crippen LogP contribution is -2.13. The quantitative estimate of drug-likeness (QED) is 0.724. The average Bonchev–Trinajstić information content (AvgIpc) is 3.05. The van der Waals surface area contributed by atoms with Crippen LogP contribution in [-0.2, 0) is 16.2 Å². The highest BCUT2D eigenvalue weighted by Gasteiger charge is 2.30. The molecule has 0 aliphatic rings. The van der Waals surface area contributed by atoms with Crippen molar-refractivity contribution in [2.75, 3.05) is 0 Å². The van der Waals surface area contributed by atoms with Crippen molar-refractivity contribution in [3.05, 3.63) is 72.6 Å². The first kappa shape index (κ1) is 16.3. The molecule has 24 heavy (non-hydrogen) atoms. The van der Waals surface area contributed by atoms with Gasteiger partial charge in [0.15, 0.2) is 5.82 Å². The number of halogens is 3. The minimum atomic E-state index is -4.46. The summed E-state index contributed by atoms with van der Waals surface area (Å²) in [6, 6.07) is 11.8. The molecule has 0 aliphatic heterocycles. The molecule has 0 bridgehead atoms. The number of hydrogen-bond donors (Lipinski definition) is 0. The zero-order valence-corrected chi connectivity index (χ0v) is 12.8. The molecule has 1 heterocycles. The summed E-state index contributed by atoms with van der Waals surface area (Å²) < 4.78 is 64.1. The summed E-state index contributed by atoms with van der Waals surface area (Å²) in [5.41, 5.74) is -0.581. The molecule has 8 heteroatoms. The zero-order valence-electron chi connectivity index (χ0n) is 12.0. The Labute approximate surface area is 136 Å². The van der Waals surface area contributed by atoms with Crippen molar-refractivity contribution in [3.63, 3.8) is 0 Å². The second kappa shape index (κ2) is 5.79. The molecule has 0 amide bonds. The predicted octanol–water partition coefficient (Wildman–Crippen LogP) is 3.61. The third-order valence-corrected chi connectivity index (χ3v) is 4.99. The van der Waals surface area contributed by atoms with Gasteiger partial charge in [-0.05, 0) is 24.3 Å². The van der Waals surface area contributed by atoms with E-state index in [0.717, 1.165) is 22.3 Å². The minimum Gasteiger partial charge on any atom is -0.226 e. The van der Waals surface area contributed by atoms with Gasteiger partial charge in [-0.3, -0.25) is 0 Å². The molecular weight excluding hydrogens is 341 g/mol. The maximum absolute atomic E-state index is 12.6. The Balaban J connectivity index is 2.06. The first-order valence-corrected chi connectivity index (χ1v) is 8.18. The van der Waals surface area contributed by atoms with Crippen molar-refractivity contribution in [3.8, 4) is 11.4 Å². The number of nitrogens with zero attached hydrogens (tertiary/aromatic N) is 2. The van der Waals surface area contributed by atoms with Crippen LogP contribution < -0.4 is 0 Å². The van der Waals surface area contributed by atoms with E-state index in [0.29, 0.717) is 0 Å². The Morgan fingerprint density at radius 3 is 2.17 bits per heavy atom. The molecule has 123 valence electrons. The lowest BCUT2D eigenvalue weighted by molar-refractivity contribution is -0.137. The summed E-state index contributed by atoms with van der Waals surface area (Å²) in [6.45, 7) is 0. The van der Waals surface area contributed by atoms with Gasteiger partial charge in [-0.25, -0.2) is 17.4 Å². The summed E-state index contributed by atoms with van der Waals surface area (Å²) in [5, 5.41) is 0. The first-order chi connectivity index (χ1) is 11.3. The highest BCUT2D eigenvalue weighted by Crippen LogP contribution is 2.31. The predicted molar refractivity (Wildman–Crippen MR) is 80.5 cm³/mol. The molecule has 0 unspecified atom stereocenters. The number of alkyl halides is 3. The fourth-order valence-corrected chi connectivity index (χ4v) is 3.43. The maximum atomic E-state index is 12.6. The fraction of sp³-hybridized carbons (Fsp3) is 0.0625. The standard InChI is InChI=1S/C16H10F3N2O2S/c17-16(18,19)13-8-6-12(7-9-13)15-20-10-11-21(15)24(22,23)14-4-2-1-3-5-14/h1-9,11H. The molecule has 0 spiro atoms. The summed E-state index contributed by atoms with van der Waals surface area (Å²) in [7, 11) is -3.91. The highest BCUT2D eigenvalue weighted by atomic mass is 32.2. The van der Waals surface area contributed by atoms with Crippen LogP contribution in [0.15, 0.2) is 65.7 Å². The van der Waals surface area contributed by atoms with E-state index in [2.05, 4.69) is 11.2 Å². The number of imidazole rings is 1. The summed E-state index contributed by atoms with van der Waals surface area (Å²) >= 11 is 0. The maximum Gasteiger partial charge on any atom is 0.416 e. The molecule has 0 N–H and O–H groups in total. The largest absolute Gasteiger partial charge is 0.416 e. The molecule has 1 aromatic heterocycles. The van der Waals surface area contributed by atoms with Crippen molar-refractivity contribution in [2.45, 2.75) is 11.1 Å². The molecule has 0 saturated carbocycles. The van der Waals surface area contributed by atoms with Crippen LogP contribution in [0.2, 0.25) is 0 Å². The summed E-state index contributed by atoms with van der Waals surface area (Å²) in [5.74, 6) is -0.00687. The number of benzene rings is 2. The average molecular weight is 351 g/mol. The van der Waals surface area contributed by atoms with Gasteiger partial charge in [0.05, 0.1) is 16.7 Å². The zero-order chi connectivity index (χ0) is 17.4. The lowest BCUT2D eigenvalue weighted by Gasteiger charge is -2.10. The highest BCUT2D eigenvalue weighted by molar-refractivity contribution is 7.90. The third-order valence-electron chi connectivity index (χ3n) is 3.32. The monoisotopic (exact) mass is 351 g/mol. The van der Waals surface area contributed by atoms with Crippen molar-refractivity contribution in [1.29, 1.82) is 0 Å². The Morgan fingerprint density at radius 2 is 1.58 bits per heavy atom. The van der Waals surface area contributed by atoms with E-state index in [1.165, 1.54) is 24.3 Å². The Hall–Kier alpha value is -2.61. The van der Waals surface area contributed by atoms with Crippen LogP contribution >= 0.6 is 0 Å². The fourth-order valence-electron chi connectivity index (χ4n) is 2.14. The van der Waals surface area contributed by atoms with Gasteiger partial charge in [0.1, 0.15) is 6.20 Å². The molecule has 0 fully saturated rings. The SMILES string of the molecule is O=S(=O)(c1ccccc1)n1c[c]nc1-c1ccc(C(F)(F)F)cc1. The Kier molecular flexibility index (Phi) is 3.92. The lowest BCUT2D eigenvalue weighted by atomic mass is 10.1. The van der Waals surface area contributed by atoms with Gasteiger partial charge in [0.2, 0.25) is 0 Å². The first-order valence-electron chi connectivity index (χ1n) is 6.74. The summed E-state index contributed by atoms with van der Waals surface area (Å²) in [6.07, 6.45) is -0.899. The summed E-state index contributed by atoms with van der Waals surface area (Å²) in [4.78, 5) is 3.89. The molecule has 3 aromatic rings. The van der Waals surface area contributed by atoms with Crippen LogP contribution in [0.1, 0.15) is 5.56 Å². The van der Waals surface area contributed by atoms with Crippen molar-refractivity contribution < 1.29 is 21.6 Å². The van der Waals surface area contributed by atoms with Gasteiger partial charge >= 0.3 is 6.18 Å². The van der Waals surface area contributed by atoms with Crippen molar-refractivity contribution in [1.82, 2.24) is 8.96 Å². The molecule has 0 saturated heterocycles. The van der Waals surface area contributed by atoms with Gasteiger partial charge in [-0.15, -0.1) is 0 Å². The van der Waals surface area contributed by atoms with E-state index in [-0.39, 0.29) is 16.3 Å². The van der Waals surface area contributed by atoms with E-state index in [4.69, 9.17) is 0 Å². The number of rotatable bonds is 3. The Morgan fingerprint density at radius 1 is 0.958 bits per heavy atom. The van der Waals surface area contributed by atoms with Crippen LogP contribution in [-0.4, -0.2) is 17.4 Å². The van der Waals surface area contributed by atoms with Gasteiger partial charge in [0, 0.05) is 5.56 Å². The Bertz CT molecular complexity index is 947. The second-order valence-electron chi connectivity index (χ2n) is 4.88. The van der Waals surface area contributed by atoms with E-state index in [9.17, 15) is 21.6 Å². The molecule has 2 aromatic carbocycles. The topological polar surface area (TPSA) is 52.0 Å². The van der Waals surface area contributed by atoms with Crippen LogP contribution in [0.5, 0.6) is 0 Å². The van der Waals surface area contributed by atoms with Crippen LogP contribution in [0, 0.1) is 6.20 Å². The van der Waals surface area contributed by atoms with E-state index in [1.807, 2.05) is 0 Å². The molecular formula is C16H10F3N2O2S. The third kappa shape index (κ3) is 2.92. The van der Waals surface area contributed by atoms with Crippen molar-refractivity contribution >= 4 is 10.0 Å². The van der Waals surface area contributed by atoms with E-state index in [1.54, 1.807) is 18.2 Å². The molecule has 0 aliphatic carbocycles. The van der Waals surface area contributed by atoms with E-state index >= 15 is 0 Å². The number of hydrogen-bond acceptors (Lipinski definition) is 3. The molecule has 0 atom stereocenters. The molecule has 4 nitrogen and oxygen atoms in total.